The Morgan fingerprint density at radius 1 is 1.20 bits per heavy atom. The lowest BCUT2D eigenvalue weighted by Crippen LogP contribution is -2.37. The fourth-order valence-corrected chi connectivity index (χ4v) is 2.36. The first-order chi connectivity index (χ1) is 7.19. The molecule has 0 radical (unpaired) electrons. The van der Waals surface area contributed by atoms with Crippen LogP contribution in [-0.2, 0) is 0 Å². The quantitative estimate of drug-likeness (QED) is 0.643. The minimum absolute atomic E-state index is 0.771. The van der Waals surface area contributed by atoms with Gasteiger partial charge in [-0.25, -0.2) is 0 Å². The molecule has 0 spiro atoms. The molecule has 0 heterocycles. The highest BCUT2D eigenvalue weighted by Gasteiger charge is 2.33. The zero-order valence-corrected chi connectivity index (χ0v) is 11.1. The van der Waals surface area contributed by atoms with Crippen molar-refractivity contribution in [2.45, 2.75) is 65.8 Å². The molecular weight excluding hydrogens is 182 g/mol. The third-order valence-corrected chi connectivity index (χ3v) is 4.01. The molecule has 0 aromatic heterocycles. The normalized spacial score (nSPS) is 22.4. The van der Waals surface area contributed by atoms with Crippen LogP contribution < -0.4 is 5.32 Å². The van der Waals surface area contributed by atoms with E-state index in [2.05, 4.69) is 33.0 Å². The highest BCUT2D eigenvalue weighted by molar-refractivity contribution is 4.87. The van der Waals surface area contributed by atoms with Gasteiger partial charge in [0.1, 0.15) is 0 Å². The van der Waals surface area contributed by atoms with Crippen molar-refractivity contribution >= 4 is 0 Å². The van der Waals surface area contributed by atoms with Gasteiger partial charge in [0.05, 0.1) is 0 Å². The first-order valence-electron chi connectivity index (χ1n) is 6.92. The van der Waals surface area contributed by atoms with E-state index in [4.69, 9.17) is 0 Å². The molecule has 1 rings (SSSR count). The first-order valence-corrected chi connectivity index (χ1v) is 6.92. The van der Waals surface area contributed by atoms with Gasteiger partial charge in [-0.3, -0.25) is 0 Å². The molecule has 1 heteroatoms. The average Bonchev–Trinajstić information content (AvgIpc) is 3.06. The molecule has 15 heavy (non-hydrogen) atoms. The lowest BCUT2D eigenvalue weighted by atomic mass is 9.88. The van der Waals surface area contributed by atoms with Gasteiger partial charge in [0, 0.05) is 6.04 Å². The Bertz CT molecular complexity index is 163. The molecule has 1 nitrogen and oxygen atoms in total. The molecule has 0 aromatic rings. The van der Waals surface area contributed by atoms with Crippen LogP contribution in [0.5, 0.6) is 0 Å². The summed E-state index contributed by atoms with van der Waals surface area (Å²) in [5.74, 6) is 2.80. The van der Waals surface area contributed by atoms with Crippen molar-refractivity contribution in [1.29, 1.82) is 0 Å². The summed E-state index contributed by atoms with van der Waals surface area (Å²) in [5, 5.41) is 3.76. The number of hydrogen-bond donors (Lipinski definition) is 1. The maximum atomic E-state index is 3.76. The number of hydrogen-bond acceptors (Lipinski definition) is 1. The van der Waals surface area contributed by atoms with Crippen LogP contribution >= 0.6 is 0 Å². The summed E-state index contributed by atoms with van der Waals surface area (Å²) in [6.45, 7) is 10.6. The van der Waals surface area contributed by atoms with Crippen LogP contribution in [0.15, 0.2) is 0 Å². The van der Waals surface area contributed by atoms with E-state index in [1.54, 1.807) is 0 Å². The van der Waals surface area contributed by atoms with Gasteiger partial charge in [0.25, 0.3) is 0 Å². The number of rotatable bonds is 8. The van der Waals surface area contributed by atoms with E-state index in [0.717, 1.165) is 23.8 Å². The van der Waals surface area contributed by atoms with Crippen molar-refractivity contribution in [2.75, 3.05) is 6.54 Å². The molecule has 0 aliphatic heterocycles. The van der Waals surface area contributed by atoms with E-state index in [0.29, 0.717) is 0 Å². The van der Waals surface area contributed by atoms with Gasteiger partial charge in [-0.05, 0) is 50.0 Å². The highest BCUT2D eigenvalue weighted by Crippen LogP contribution is 2.39. The summed E-state index contributed by atoms with van der Waals surface area (Å²) < 4.78 is 0. The molecule has 1 fully saturated rings. The molecule has 0 aromatic carbocycles. The molecule has 90 valence electrons. The van der Waals surface area contributed by atoms with Crippen LogP contribution in [-0.4, -0.2) is 12.6 Å². The largest absolute Gasteiger partial charge is 0.314 e. The first kappa shape index (κ1) is 13.0. The second kappa shape index (κ2) is 6.52. The molecule has 0 bridgehead atoms. The second-order valence-corrected chi connectivity index (χ2v) is 5.51. The van der Waals surface area contributed by atoms with Crippen LogP contribution in [0.4, 0.5) is 0 Å². The molecule has 0 amide bonds. The van der Waals surface area contributed by atoms with Gasteiger partial charge in [-0.15, -0.1) is 0 Å². The van der Waals surface area contributed by atoms with Crippen molar-refractivity contribution < 1.29 is 0 Å². The van der Waals surface area contributed by atoms with Crippen molar-refractivity contribution in [3.05, 3.63) is 0 Å². The summed E-state index contributed by atoms with van der Waals surface area (Å²) in [5.41, 5.74) is 0. The molecule has 3 unspecified atom stereocenters. The minimum Gasteiger partial charge on any atom is -0.314 e. The topological polar surface area (TPSA) is 12.0 Å². The van der Waals surface area contributed by atoms with Crippen molar-refractivity contribution in [1.82, 2.24) is 5.32 Å². The molecule has 0 saturated heterocycles. The Morgan fingerprint density at radius 2 is 1.87 bits per heavy atom. The summed E-state index contributed by atoms with van der Waals surface area (Å²) in [6, 6.07) is 0.771. The molecular formula is C14H29N. The predicted octanol–water partition coefficient (Wildman–Crippen LogP) is 3.84. The molecule has 1 saturated carbocycles. The predicted molar refractivity (Wildman–Crippen MR) is 68.0 cm³/mol. The third kappa shape index (κ3) is 4.55. The minimum atomic E-state index is 0.771. The fraction of sp³-hybridized carbons (Fsp3) is 1.00. The van der Waals surface area contributed by atoms with Gasteiger partial charge in [0.15, 0.2) is 0 Å². The zero-order chi connectivity index (χ0) is 11.3. The van der Waals surface area contributed by atoms with Gasteiger partial charge in [0.2, 0.25) is 0 Å². The van der Waals surface area contributed by atoms with Crippen LogP contribution in [0.25, 0.3) is 0 Å². The third-order valence-electron chi connectivity index (χ3n) is 4.01. The van der Waals surface area contributed by atoms with Gasteiger partial charge in [-0.1, -0.05) is 34.1 Å². The van der Waals surface area contributed by atoms with E-state index in [9.17, 15) is 0 Å². The van der Waals surface area contributed by atoms with Crippen LogP contribution in [0.2, 0.25) is 0 Å². The summed E-state index contributed by atoms with van der Waals surface area (Å²) in [6.07, 6.45) is 6.90. The molecule has 3 atom stereocenters. The maximum absolute atomic E-state index is 3.76. The van der Waals surface area contributed by atoms with Crippen molar-refractivity contribution in [3.63, 3.8) is 0 Å². The Hall–Kier alpha value is -0.0400. The van der Waals surface area contributed by atoms with Crippen LogP contribution in [0.3, 0.4) is 0 Å². The van der Waals surface area contributed by atoms with Crippen LogP contribution in [0, 0.1) is 17.8 Å². The standard InChI is InChI=1S/C14H29N/c1-5-9-15-14(10-11(3)6-2)12(4)13-7-8-13/h11-15H,5-10H2,1-4H3. The average molecular weight is 211 g/mol. The smallest absolute Gasteiger partial charge is 0.00978 e. The number of nitrogens with one attached hydrogen (secondary N) is 1. The van der Waals surface area contributed by atoms with E-state index in [-0.39, 0.29) is 0 Å². The van der Waals surface area contributed by atoms with Crippen LogP contribution in [0.1, 0.15) is 59.8 Å². The Balaban J connectivity index is 2.36. The highest BCUT2D eigenvalue weighted by atomic mass is 14.9. The van der Waals surface area contributed by atoms with Gasteiger partial charge < -0.3 is 5.32 Å². The Labute approximate surface area is 96.0 Å². The molecule has 1 N–H and O–H groups in total. The van der Waals surface area contributed by atoms with E-state index in [1.807, 2.05) is 0 Å². The molecule has 1 aliphatic rings. The lowest BCUT2D eigenvalue weighted by Gasteiger charge is -2.27. The van der Waals surface area contributed by atoms with E-state index < -0.39 is 0 Å². The van der Waals surface area contributed by atoms with E-state index in [1.165, 1.54) is 38.6 Å². The van der Waals surface area contributed by atoms with Crippen molar-refractivity contribution in [3.8, 4) is 0 Å². The van der Waals surface area contributed by atoms with Gasteiger partial charge >= 0.3 is 0 Å². The summed E-state index contributed by atoms with van der Waals surface area (Å²) in [7, 11) is 0. The summed E-state index contributed by atoms with van der Waals surface area (Å²) >= 11 is 0. The van der Waals surface area contributed by atoms with Gasteiger partial charge in [-0.2, -0.15) is 0 Å². The summed E-state index contributed by atoms with van der Waals surface area (Å²) in [4.78, 5) is 0. The lowest BCUT2D eigenvalue weighted by molar-refractivity contribution is 0.287. The van der Waals surface area contributed by atoms with Crippen molar-refractivity contribution in [2.24, 2.45) is 17.8 Å². The SMILES string of the molecule is CCCNC(CC(C)CC)C(C)C1CC1. The van der Waals surface area contributed by atoms with E-state index >= 15 is 0 Å². The monoisotopic (exact) mass is 211 g/mol. The maximum Gasteiger partial charge on any atom is 0.00978 e. The Kier molecular flexibility index (Phi) is 5.66. The zero-order valence-electron chi connectivity index (χ0n) is 11.1. The Morgan fingerprint density at radius 3 is 2.33 bits per heavy atom. The fourth-order valence-electron chi connectivity index (χ4n) is 2.36. The second-order valence-electron chi connectivity index (χ2n) is 5.51. The molecule has 1 aliphatic carbocycles.